The van der Waals surface area contributed by atoms with Crippen LogP contribution in [0.2, 0.25) is 0 Å². The SMILES string of the molecule is C=Cc1cc(S(=O)(=O)NC)ccc1Nc1cccc(C(F)(F)F)c1. The standard InChI is InChI=1S/C16H15F3N2O2S/c1-3-11-9-14(24(22,23)20-2)7-8-15(11)21-13-6-4-5-12(10-13)16(17,18)19/h3-10,20-21H,1H2,2H3. The second kappa shape index (κ2) is 6.66. The topological polar surface area (TPSA) is 58.2 Å². The summed E-state index contributed by atoms with van der Waals surface area (Å²) in [6.45, 7) is 3.60. The first-order chi connectivity index (χ1) is 11.2. The molecule has 0 radical (unpaired) electrons. The van der Waals surface area contributed by atoms with Gasteiger partial charge in [0.1, 0.15) is 0 Å². The van der Waals surface area contributed by atoms with Crippen molar-refractivity contribution in [1.82, 2.24) is 4.72 Å². The van der Waals surface area contributed by atoms with Crippen LogP contribution in [0.25, 0.3) is 6.08 Å². The van der Waals surface area contributed by atoms with E-state index in [1.54, 1.807) is 0 Å². The lowest BCUT2D eigenvalue weighted by Gasteiger charge is -2.13. The molecule has 0 aromatic heterocycles. The van der Waals surface area contributed by atoms with Crippen molar-refractivity contribution in [2.75, 3.05) is 12.4 Å². The molecule has 0 aliphatic heterocycles. The van der Waals surface area contributed by atoms with Gasteiger partial charge in [0.15, 0.2) is 0 Å². The summed E-state index contributed by atoms with van der Waals surface area (Å²) in [5, 5.41) is 2.85. The van der Waals surface area contributed by atoms with E-state index in [-0.39, 0.29) is 10.6 Å². The van der Waals surface area contributed by atoms with Crippen LogP contribution in [0.5, 0.6) is 0 Å². The van der Waals surface area contributed by atoms with Crippen molar-refractivity contribution in [1.29, 1.82) is 0 Å². The Morgan fingerprint density at radius 3 is 2.42 bits per heavy atom. The first-order valence-corrected chi connectivity index (χ1v) is 8.30. The van der Waals surface area contributed by atoms with E-state index in [0.29, 0.717) is 11.3 Å². The zero-order chi connectivity index (χ0) is 18.0. The number of anilines is 2. The predicted molar refractivity (Wildman–Crippen MR) is 87.5 cm³/mol. The summed E-state index contributed by atoms with van der Waals surface area (Å²) in [5.74, 6) is 0. The molecule has 2 aromatic rings. The first-order valence-electron chi connectivity index (χ1n) is 6.81. The number of halogens is 3. The van der Waals surface area contributed by atoms with Gasteiger partial charge in [-0.25, -0.2) is 13.1 Å². The van der Waals surface area contributed by atoms with E-state index in [4.69, 9.17) is 0 Å². The fraction of sp³-hybridized carbons (Fsp3) is 0.125. The largest absolute Gasteiger partial charge is 0.416 e. The monoisotopic (exact) mass is 356 g/mol. The van der Waals surface area contributed by atoms with Crippen molar-refractivity contribution in [3.8, 4) is 0 Å². The van der Waals surface area contributed by atoms with Crippen LogP contribution in [0.3, 0.4) is 0 Å². The van der Waals surface area contributed by atoms with Crippen LogP contribution >= 0.6 is 0 Å². The molecule has 2 aromatic carbocycles. The number of rotatable bonds is 5. The Morgan fingerprint density at radius 2 is 1.83 bits per heavy atom. The molecule has 0 spiro atoms. The van der Waals surface area contributed by atoms with Crippen LogP contribution in [0, 0.1) is 0 Å². The molecule has 0 atom stereocenters. The van der Waals surface area contributed by atoms with Gasteiger partial charge in [0.2, 0.25) is 10.0 Å². The Kier molecular flexibility index (Phi) is 5.00. The molecule has 0 bridgehead atoms. The van der Waals surface area contributed by atoms with Gasteiger partial charge in [0.05, 0.1) is 10.5 Å². The summed E-state index contributed by atoms with van der Waals surface area (Å²) in [6.07, 6.45) is -3.02. The maximum absolute atomic E-state index is 12.8. The Bertz CT molecular complexity index is 862. The molecular weight excluding hydrogens is 341 g/mol. The molecule has 0 saturated heterocycles. The van der Waals surface area contributed by atoms with Gasteiger partial charge in [-0.3, -0.25) is 0 Å². The third-order valence-corrected chi connectivity index (χ3v) is 4.70. The van der Waals surface area contributed by atoms with Crippen molar-refractivity contribution in [3.05, 3.63) is 60.2 Å². The molecule has 0 aliphatic carbocycles. The van der Waals surface area contributed by atoms with Gasteiger partial charge < -0.3 is 5.32 Å². The summed E-state index contributed by atoms with van der Waals surface area (Å²) in [6, 6.07) is 8.94. The zero-order valence-corrected chi connectivity index (χ0v) is 13.5. The quantitative estimate of drug-likeness (QED) is 0.851. The predicted octanol–water partition coefficient (Wildman–Crippen LogP) is 4.00. The lowest BCUT2D eigenvalue weighted by molar-refractivity contribution is -0.137. The van der Waals surface area contributed by atoms with E-state index in [1.807, 2.05) is 0 Å². The van der Waals surface area contributed by atoms with Gasteiger partial charge in [-0.05, 0) is 49.0 Å². The Hall–Kier alpha value is -2.32. The normalized spacial score (nSPS) is 12.0. The van der Waals surface area contributed by atoms with Crippen LogP contribution in [-0.2, 0) is 16.2 Å². The number of hydrogen-bond acceptors (Lipinski definition) is 3. The molecule has 128 valence electrons. The van der Waals surface area contributed by atoms with Gasteiger partial charge >= 0.3 is 6.18 Å². The second-order valence-electron chi connectivity index (χ2n) is 4.86. The molecule has 24 heavy (non-hydrogen) atoms. The molecule has 0 aliphatic rings. The average molecular weight is 356 g/mol. The Morgan fingerprint density at radius 1 is 1.12 bits per heavy atom. The molecular formula is C16H15F3N2O2S. The van der Waals surface area contributed by atoms with Crippen molar-refractivity contribution >= 4 is 27.5 Å². The lowest BCUT2D eigenvalue weighted by atomic mass is 10.1. The van der Waals surface area contributed by atoms with Gasteiger partial charge in [-0.15, -0.1) is 0 Å². The lowest BCUT2D eigenvalue weighted by Crippen LogP contribution is -2.18. The van der Waals surface area contributed by atoms with Crippen molar-refractivity contribution in [3.63, 3.8) is 0 Å². The summed E-state index contributed by atoms with van der Waals surface area (Å²) in [5.41, 5.74) is 0.349. The van der Waals surface area contributed by atoms with Crippen LogP contribution in [0.1, 0.15) is 11.1 Å². The molecule has 0 amide bonds. The van der Waals surface area contributed by atoms with E-state index in [9.17, 15) is 21.6 Å². The molecule has 4 nitrogen and oxygen atoms in total. The third-order valence-electron chi connectivity index (χ3n) is 3.29. The number of sulfonamides is 1. The minimum atomic E-state index is -4.44. The maximum Gasteiger partial charge on any atom is 0.416 e. The highest BCUT2D eigenvalue weighted by atomic mass is 32.2. The first kappa shape index (κ1) is 18.0. The maximum atomic E-state index is 12.8. The summed E-state index contributed by atoms with van der Waals surface area (Å²) >= 11 is 0. The van der Waals surface area contributed by atoms with Crippen LogP contribution in [0.15, 0.2) is 53.9 Å². The zero-order valence-electron chi connectivity index (χ0n) is 12.7. The molecule has 2 rings (SSSR count). The van der Waals surface area contributed by atoms with Gasteiger partial charge in [-0.1, -0.05) is 18.7 Å². The molecule has 2 N–H and O–H groups in total. The fourth-order valence-corrected chi connectivity index (χ4v) is 2.80. The second-order valence-corrected chi connectivity index (χ2v) is 6.75. The number of hydrogen-bond donors (Lipinski definition) is 2. The van der Waals surface area contributed by atoms with E-state index in [1.165, 1.54) is 43.5 Å². The summed E-state index contributed by atoms with van der Waals surface area (Å²) < 4.78 is 64.1. The highest BCUT2D eigenvalue weighted by Gasteiger charge is 2.30. The Labute approximate surface area is 138 Å². The number of nitrogens with one attached hydrogen (secondary N) is 2. The van der Waals surface area contributed by atoms with Crippen molar-refractivity contribution in [2.45, 2.75) is 11.1 Å². The van der Waals surface area contributed by atoms with E-state index in [2.05, 4.69) is 16.6 Å². The number of alkyl halides is 3. The number of benzene rings is 2. The van der Waals surface area contributed by atoms with E-state index >= 15 is 0 Å². The highest BCUT2D eigenvalue weighted by molar-refractivity contribution is 7.89. The van der Waals surface area contributed by atoms with Crippen LogP contribution in [-0.4, -0.2) is 15.5 Å². The molecule has 0 unspecified atom stereocenters. The van der Waals surface area contributed by atoms with Gasteiger partial charge in [0, 0.05) is 11.4 Å². The van der Waals surface area contributed by atoms with Crippen molar-refractivity contribution in [2.24, 2.45) is 0 Å². The van der Waals surface area contributed by atoms with Crippen LogP contribution < -0.4 is 10.0 Å². The third kappa shape index (κ3) is 3.95. The van der Waals surface area contributed by atoms with Crippen LogP contribution in [0.4, 0.5) is 24.5 Å². The van der Waals surface area contributed by atoms with Gasteiger partial charge in [-0.2, -0.15) is 13.2 Å². The molecule has 0 saturated carbocycles. The molecule has 0 fully saturated rings. The average Bonchev–Trinajstić information content (AvgIpc) is 2.54. The van der Waals surface area contributed by atoms with Crippen molar-refractivity contribution < 1.29 is 21.6 Å². The summed E-state index contributed by atoms with van der Waals surface area (Å²) in [4.78, 5) is 0.0366. The fourth-order valence-electron chi connectivity index (χ4n) is 2.04. The Balaban J connectivity index is 2.39. The highest BCUT2D eigenvalue weighted by Crippen LogP contribution is 2.32. The van der Waals surface area contributed by atoms with Gasteiger partial charge in [0.25, 0.3) is 0 Å². The smallest absolute Gasteiger partial charge is 0.355 e. The molecule has 0 heterocycles. The minimum absolute atomic E-state index is 0.0366. The minimum Gasteiger partial charge on any atom is -0.355 e. The van der Waals surface area contributed by atoms with E-state index < -0.39 is 21.8 Å². The van der Waals surface area contributed by atoms with E-state index in [0.717, 1.165) is 12.1 Å². The summed E-state index contributed by atoms with van der Waals surface area (Å²) in [7, 11) is -2.33. The molecule has 8 heteroatoms.